The molecule has 0 heterocycles. The monoisotopic (exact) mass is 267 g/mol. The Morgan fingerprint density at radius 1 is 1.10 bits per heavy atom. The maximum atomic E-state index is 11.4. The molecular formula is C17H17NO2. The third kappa shape index (κ3) is 3.26. The number of nitrogens with two attached hydrogens (primary N) is 1. The summed E-state index contributed by atoms with van der Waals surface area (Å²) in [6.45, 7) is 2.09. The van der Waals surface area contributed by atoms with Gasteiger partial charge in [-0.15, -0.1) is 0 Å². The molecule has 2 aromatic rings. The number of carboxylic acid groups (broad SMARTS) is 1. The molecule has 0 aromatic heterocycles. The number of aryl methyl sites for hydroxylation is 1. The average Bonchev–Trinajstić information content (AvgIpc) is 2.46. The summed E-state index contributed by atoms with van der Waals surface area (Å²) < 4.78 is 0. The summed E-state index contributed by atoms with van der Waals surface area (Å²) in [5, 5.41) is 9.36. The van der Waals surface area contributed by atoms with Crippen molar-refractivity contribution in [2.75, 3.05) is 5.73 Å². The van der Waals surface area contributed by atoms with Gasteiger partial charge in [0.05, 0.1) is 5.57 Å². The van der Waals surface area contributed by atoms with E-state index in [0.717, 1.165) is 12.0 Å². The van der Waals surface area contributed by atoms with Crippen molar-refractivity contribution in [2.45, 2.75) is 13.3 Å². The van der Waals surface area contributed by atoms with Crippen LogP contribution in [0.5, 0.6) is 0 Å². The Labute approximate surface area is 118 Å². The van der Waals surface area contributed by atoms with Crippen LogP contribution in [0.2, 0.25) is 0 Å². The molecule has 0 fully saturated rings. The highest BCUT2D eigenvalue weighted by Crippen LogP contribution is 2.20. The third-order valence-electron chi connectivity index (χ3n) is 3.15. The van der Waals surface area contributed by atoms with Gasteiger partial charge in [0.1, 0.15) is 0 Å². The fourth-order valence-corrected chi connectivity index (χ4v) is 1.95. The largest absolute Gasteiger partial charge is 0.478 e. The standard InChI is InChI=1S/C17H17NO2/c1-2-12-3-5-13(6-4-12)11-16(17(19)20)14-7-9-15(18)10-8-14/h3-11H,2,18H2,1H3,(H,19,20)/b16-11-. The number of benzene rings is 2. The van der Waals surface area contributed by atoms with Crippen LogP contribution in [0.25, 0.3) is 11.6 Å². The summed E-state index contributed by atoms with van der Waals surface area (Å²) in [7, 11) is 0. The molecular weight excluding hydrogens is 250 g/mol. The van der Waals surface area contributed by atoms with Gasteiger partial charge in [-0.2, -0.15) is 0 Å². The molecule has 102 valence electrons. The highest BCUT2D eigenvalue weighted by atomic mass is 16.4. The minimum atomic E-state index is -0.950. The first-order chi connectivity index (χ1) is 9.60. The van der Waals surface area contributed by atoms with Gasteiger partial charge < -0.3 is 10.8 Å². The van der Waals surface area contributed by atoms with E-state index >= 15 is 0 Å². The SMILES string of the molecule is CCc1ccc(/C=C(\C(=O)O)c2ccc(N)cc2)cc1. The van der Waals surface area contributed by atoms with E-state index in [1.807, 2.05) is 24.3 Å². The summed E-state index contributed by atoms with van der Waals surface area (Å²) in [6, 6.07) is 14.7. The van der Waals surface area contributed by atoms with E-state index in [4.69, 9.17) is 5.73 Å². The number of anilines is 1. The lowest BCUT2D eigenvalue weighted by molar-refractivity contribution is -0.130. The zero-order valence-corrected chi connectivity index (χ0v) is 11.3. The summed E-state index contributed by atoms with van der Waals surface area (Å²) in [6.07, 6.45) is 2.64. The zero-order chi connectivity index (χ0) is 14.5. The molecule has 0 bridgehead atoms. The molecule has 0 spiro atoms. The summed E-state index contributed by atoms with van der Waals surface area (Å²) in [4.78, 5) is 11.4. The fraction of sp³-hybridized carbons (Fsp3) is 0.118. The number of nitrogen functional groups attached to an aromatic ring is 1. The van der Waals surface area contributed by atoms with Gasteiger partial charge in [-0.25, -0.2) is 4.79 Å². The van der Waals surface area contributed by atoms with Crippen LogP contribution in [0.4, 0.5) is 5.69 Å². The summed E-state index contributed by atoms with van der Waals surface area (Å²) >= 11 is 0. The second-order valence-corrected chi connectivity index (χ2v) is 4.58. The normalized spacial score (nSPS) is 11.3. The molecule has 0 saturated heterocycles. The fourth-order valence-electron chi connectivity index (χ4n) is 1.95. The maximum Gasteiger partial charge on any atom is 0.336 e. The minimum absolute atomic E-state index is 0.259. The molecule has 0 aliphatic heterocycles. The molecule has 2 rings (SSSR count). The Balaban J connectivity index is 2.39. The molecule has 3 heteroatoms. The smallest absolute Gasteiger partial charge is 0.336 e. The molecule has 3 nitrogen and oxygen atoms in total. The van der Waals surface area contributed by atoms with Crippen molar-refractivity contribution in [2.24, 2.45) is 0 Å². The second-order valence-electron chi connectivity index (χ2n) is 4.58. The van der Waals surface area contributed by atoms with Crippen LogP contribution in [0.3, 0.4) is 0 Å². The van der Waals surface area contributed by atoms with Crippen LogP contribution in [0.15, 0.2) is 48.5 Å². The van der Waals surface area contributed by atoms with Gasteiger partial charge in [-0.05, 0) is 41.3 Å². The molecule has 0 amide bonds. The molecule has 20 heavy (non-hydrogen) atoms. The van der Waals surface area contributed by atoms with E-state index in [1.165, 1.54) is 5.56 Å². The Bertz CT molecular complexity index is 625. The van der Waals surface area contributed by atoms with Crippen LogP contribution in [0, 0.1) is 0 Å². The van der Waals surface area contributed by atoms with Crippen molar-refractivity contribution in [3.05, 3.63) is 65.2 Å². The molecule has 0 aliphatic carbocycles. The van der Waals surface area contributed by atoms with Crippen molar-refractivity contribution in [1.82, 2.24) is 0 Å². The van der Waals surface area contributed by atoms with Gasteiger partial charge in [0, 0.05) is 5.69 Å². The van der Waals surface area contributed by atoms with Crippen molar-refractivity contribution in [1.29, 1.82) is 0 Å². The van der Waals surface area contributed by atoms with Gasteiger partial charge >= 0.3 is 5.97 Å². The predicted molar refractivity (Wildman–Crippen MR) is 82.2 cm³/mol. The van der Waals surface area contributed by atoms with Gasteiger partial charge in [-0.3, -0.25) is 0 Å². The predicted octanol–water partition coefficient (Wildman–Crippen LogP) is 3.46. The van der Waals surface area contributed by atoms with Gasteiger partial charge in [-0.1, -0.05) is 43.3 Å². The highest BCUT2D eigenvalue weighted by Gasteiger charge is 2.10. The molecule has 3 N–H and O–H groups in total. The van der Waals surface area contributed by atoms with Crippen LogP contribution >= 0.6 is 0 Å². The van der Waals surface area contributed by atoms with E-state index in [2.05, 4.69) is 6.92 Å². The van der Waals surface area contributed by atoms with Gasteiger partial charge in [0.15, 0.2) is 0 Å². The van der Waals surface area contributed by atoms with E-state index in [-0.39, 0.29) is 5.57 Å². The first-order valence-corrected chi connectivity index (χ1v) is 6.50. The number of rotatable bonds is 4. The Hall–Kier alpha value is -2.55. The van der Waals surface area contributed by atoms with E-state index in [0.29, 0.717) is 11.3 Å². The van der Waals surface area contributed by atoms with Crippen LogP contribution < -0.4 is 5.73 Å². The minimum Gasteiger partial charge on any atom is -0.478 e. The van der Waals surface area contributed by atoms with Gasteiger partial charge in [0.25, 0.3) is 0 Å². The number of hydrogen-bond acceptors (Lipinski definition) is 2. The second kappa shape index (κ2) is 6.06. The molecule has 2 aromatic carbocycles. The maximum absolute atomic E-state index is 11.4. The van der Waals surface area contributed by atoms with Crippen LogP contribution in [0.1, 0.15) is 23.6 Å². The number of carboxylic acids is 1. The Morgan fingerprint density at radius 2 is 1.70 bits per heavy atom. The molecule has 0 unspecified atom stereocenters. The zero-order valence-electron chi connectivity index (χ0n) is 11.3. The van der Waals surface area contributed by atoms with Crippen molar-refractivity contribution < 1.29 is 9.90 Å². The number of carbonyl (C=O) groups is 1. The van der Waals surface area contributed by atoms with Crippen molar-refractivity contribution in [3.63, 3.8) is 0 Å². The topological polar surface area (TPSA) is 63.3 Å². The number of aliphatic carboxylic acids is 1. The van der Waals surface area contributed by atoms with Crippen molar-refractivity contribution in [3.8, 4) is 0 Å². The quantitative estimate of drug-likeness (QED) is 0.506. The lowest BCUT2D eigenvalue weighted by atomic mass is 10.0. The molecule has 0 radical (unpaired) electrons. The lowest BCUT2D eigenvalue weighted by Crippen LogP contribution is -2.00. The lowest BCUT2D eigenvalue weighted by Gasteiger charge is -2.04. The Morgan fingerprint density at radius 3 is 2.20 bits per heavy atom. The summed E-state index contributed by atoms with van der Waals surface area (Å²) in [5.74, 6) is -0.950. The van der Waals surface area contributed by atoms with Crippen molar-refractivity contribution >= 4 is 23.3 Å². The molecule has 0 aliphatic rings. The van der Waals surface area contributed by atoms with Gasteiger partial charge in [0.2, 0.25) is 0 Å². The third-order valence-corrected chi connectivity index (χ3v) is 3.15. The Kier molecular flexibility index (Phi) is 4.20. The first kappa shape index (κ1) is 13.9. The number of hydrogen-bond donors (Lipinski definition) is 2. The molecule has 0 saturated carbocycles. The molecule has 0 atom stereocenters. The first-order valence-electron chi connectivity index (χ1n) is 6.50. The highest BCUT2D eigenvalue weighted by molar-refractivity contribution is 6.20. The average molecular weight is 267 g/mol. The van der Waals surface area contributed by atoms with E-state index in [1.54, 1.807) is 30.3 Å². The van der Waals surface area contributed by atoms with E-state index in [9.17, 15) is 9.90 Å². The summed E-state index contributed by atoms with van der Waals surface area (Å²) in [5.41, 5.74) is 9.24. The van der Waals surface area contributed by atoms with Crippen LogP contribution in [-0.4, -0.2) is 11.1 Å². The van der Waals surface area contributed by atoms with Crippen LogP contribution in [-0.2, 0) is 11.2 Å². The van der Waals surface area contributed by atoms with E-state index < -0.39 is 5.97 Å².